The van der Waals surface area contributed by atoms with E-state index in [0.717, 1.165) is 25.7 Å². The Balaban J connectivity index is 0.000001000. The van der Waals surface area contributed by atoms with Crippen LogP contribution in [-0.4, -0.2) is 10.3 Å². The molecule has 0 bridgehead atoms. The SMILES string of the molecule is N#CC1(Cl)CCCCC1Cl.[Pt]. The van der Waals surface area contributed by atoms with Gasteiger partial charge >= 0.3 is 0 Å². The first-order chi connectivity index (χ1) is 4.69. The summed E-state index contributed by atoms with van der Waals surface area (Å²) in [7, 11) is 0. The molecule has 0 N–H and O–H groups in total. The van der Waals surface area contributed by atoms with Gasteiger partial charge in [-0.15, -0.1) is 23.2 Å². The van der Waals surface area contributed by atoms with Gasteiger partial charge in [0.05, 0.1) is 11.4 Å². The molecule has 66 valence electrons. The molecule has 1 saturated carbocycles. The molecule has 2 atom stereocenters. The van der Waals surface area contributed by atoms with E-state index in [1.807, 2.05) is 0 Å². The summed E-state index contributed by atoms with van der Waals surface area (Å²) >= 11 is 11.8. The fourth-order valence-electron chi connectivity index (χ4n) is 1.22. The van der Waals surface area contributed by atoms with Crippen LogP contribution < -0.4 is 0 Å². The Morgan fingerprint density at radius 3 is 2.45 bits per heavy atom. The molecule has 1 aliphatic carbocycles. The second-order valence-corrected chi connectivity index (χ2v) is 3.89. The Labute approximate surface area is 91.3 Å². The van der Waals surface area contributed by atoms with E-state index < -0.39 is 4.87 Å². The van der Waals surface area contributed by atoms with Crippen molar-refractivity contribution in [2.75, 3.05) is 0 Å². The van der Waals surface area contributed by atoms with Crippen LogP contribution in [0, 0.1) is 11.3 Å². The van der Waals surface area contributed by atoms with Gasteiger partial charge in [0.1, 0.15) is 4.87 Å². The van der Waals surface area contributed by atoms with E-state index >= 15 is 0 Å². The van der Waals surface area contributed by atoms with Gasteiger partial charge in [0.15, 0.2) is 0 Å². The van der Waals surface area contributed by atoms with E-state index in [1.165, 1.54) is 0 Å². The Morgan fingerprint density at radius 1 is 1.45 bits per heavy atom. The number of rotatable bonds is 0. The molecule has 0 radical (unpaired) electrons. The molecular weight excluding hydrogens is 364 g/mol. The van der Waals surface area contributed by atoms with Gasteiger partial charge in [-0.3, -0.25) is 0 Å². The molecule has 0 spiro atoms. The smallest absolute Gasteiger partial charge is 0.147 e. The van der Waals surface area contributed by atoms with E-state index in [2.05, 4.69) is 6.07 Å². The van der Waals surface area contributed by atoms with Crippen LogP contribution >= 0.6 is 23.2 Å². The van der Waals surface area contributed by atoms with Crippen LogP contribution in [0.25, 0.3) is 0 Å². The number of nitrogens with zero attached hydrogens (tertiary/aromatic N) is 1. The number of nitriles is 1. The van der Waals surface area contributed by atoms with Crippen molar-refractivity contribution in [2.24, 2.45) is 0 Å². The predicted octanol–water partition coefficient (Wildman–Crippen LogP) is 2.67. The summed E-state index contributed by atoms with van der Waals surface area (Å²) in [4.78, 5) is -0.778. The molecule has 0 aliphatic heterocycles. The fourth-order valence-corrected chi connectivity index (χ4v) is 1.77. The second-order valence-electron chi connectivity index (χ2n) is 2.69. The molecule has 0 aromatic rings. The predicted molar refractivity (Wildman–Crippen MR) is 42.3 cm³/mol. The zero-order valence-corrected chi connectivity index (χ0v) is 9.71. The molecule has 0 aromatic carbocycles. The van der Waals surface area contributed by atoms with Crippen molar-refractivity contribution >= 4 is 23.2 Å². The van der Waals surface area contributed by atoms with Gasteiger partial charge in [-0.1, -0.05) is 12.8 Å². The number of hydrogen-bond donors (Lipinski definition) is 0. The van der Waals surface area contributed by atoms with Crippen molar-refractivity contribution in [1.29, 1.82) is 5.26 Å². The standard InChI is InChI=1S/C7H9Cl2N.Pt/c8-6-3-1-2-4-7(6,9)5-10;/h6H,1-4H2;. The van der Waals surface area contributed by atoms with E-state index in [-0.39, 0.29) is 26.4 Å². The number of alkyl halides is 2. The van der Waals surface area contributed by atoms with Crippen LogP contribution in [-0.2, 0) is 21.1 Å². The Morgan fingerprint density at radius 2 is 2.09 bits per heavy atom. The molecule has 2 unspecified atom stereocenters. The third kappa shape index (κ3) is 2.62. The van der Waals surface area contributed by atoms with Crippen LogP contribution in [0.5, 0.6) is 0 Å². The summed E-state index contributed by atoms with van der Waals surface area (Å²) in [6.07, 6.45) is 3.74. The first kappa shape index (κ1) is 11.8. The molecule has 4 heteroatoms. The minimum Gasteiger partial charge on any atom is -0.196 e. The summed E-state index contributed by atoms with van der Waals surface area (Å²) in [5, 5.41) is 8.49. The largest absolute Gasteiger partial charge is 0.196 e. The van der Waals surface area contributed by atoms with Crippen LogP contribution in [0.3, 0.4) is 0 Å². The first-order valence-electron chi connectivity index (χ1n) is 3.43. The molecule has 1 nitrogen and oxygen atoms in total. The summed E-state index contributed by atoms with van der Waals surface area (Å²) < 4.78 is 0. The molecule has 1 aliphatic rings. The Hall–Kier alpha value is 0.758. The van der Waals surface area contributed by atoms with Crippen LogP contribution in [0.1, 0.15) is 25.7 Å². The molecule has 0 saturated heterocycles. The minimum atomic E-state index is -0.778. The van der Waals surface area contributed by atoms with Gasteiger partial charge in [-0.05, 0) is 12.8 Å². The van der Waals surface area contributed by atoms with Crippen LogP contribution in [0.4, 0.5) is 0 Å². The van der Waals surface area contributed by atoms with E-state index in [1.54, 1.807) is 0 Å². The first-order valence-corrected chi connectivity index (χ1v) is 4.25. The Kier molecular flexibility index (Phi) is 5.03. The van der Waals surface area contributed by atoms with Crippen molar-refractivity contribution in [3.63, 3.8) is 0 Å². The van der Waals surface area contributed by atoms with Crippen molar-refractivity contribution < 1.29 is 21.1 Å². The average Bonchev–Trinajstić information content (AvgIpc) is 1.96. The zero-order chi connectivity index (χ0) is 7.61. The van der Waals surface area contributed by atoms with Crippen molar-refractivity contribution in [2.45, 2.75) is 35.9 Å². The maximum absolute atomic E-state index is 8.65. The second kappa shape index (κ2) is 4.70. The summed E-state index contributed by atoms with van der Waals surface area (Å²) in [6, 6.07) is 2.06. The van der Waals surface area contributed by atoms with Crippen molar-refractivity contribution in [3.05, 3.63) is 0 Å². The molecule has 11 heavy (non-hydrogen) atoms. The maximum atomic E-state index is 8.65. The quantitative estimate of drug-likeness (QED) is 0.599. The van der Waals surface area contributed by atoms with Gasteiger partial charge in [-0.25, -0.2) is 0 Å². The van der Waals surface area contributed by atoms with Crippen LogP contribution in [0.15, 0.2) is 0 Å². The summed E-state index contributed by atoms with van der Waals surface area (Å²) in [6.45, 7) is 0. The molecule has 1 fully saturated rings. The van der Waals surface area contributed by atoms with Gasteiger partial charge in [0, 0.05) is 21.1 Å². The zero-order valence-electron chi connectivity index (χ0n) is 5.93. The molecular formula is C7H9Cl2NPt. The minimum absolute atomic E-state index is 0. The van der Waals surface area contributed by atoms with E-state index in [9.17, 15) is 0 Å². The average molecular weight is 373 g/mol. The van der Waals surface area contributed by atoms with Gasteiger partial charge in [0.25, 0.3) is 0 Å². The third-order valence-corrected chi connectivity index (χ3v) is 3.17. The molecule has 0 amide bonds. The van der Waals surface area contributed by atoms with Gasteiger partial charge < -0.3 is 0 Å². The van der Waals surface area contributed by atoms with Gasteiger partial charge in [-0.2, -0.15) is 5.26 Å². The monoisotopic (exact) mass is 372 g/mol. The summed E-state index contributed by atoms with van der Waals surface area (Å²) in [5.74, 6) is 0. The third-order valence-electron chi connectivity index (χ3n) is 1.93. The molecule has 0 heterocycles. The van der Waals surface area contributed by atoms with E-state index in [0.29, 0.717) is 0 Å². The van der Waals surface area contributed by atoms with Gasteiger partial charge in [0.2, 0.25) is 0 Å². The molecule has 0 aromatic heterocycles. The fraction of sp³-hybridized carbons (Fsp3) is 0.857. The number of hydrogen-bond acceptors (Lipinski definition) is 1. The Bertz CT molecular complexity index is 168. The van der Waals surface area contributed by atoms with Crippen molar-refractivity contribution in [3.8, 4) is 6.07 Å². The van der Waals surface area contributed by atoms with E-state index in [4.69, 9.17) is 28.5 Å². The van der Waals surface area contributed by atoms with Crippen molar-refractivity contribution in [1.82, 2.24) is 0 Å². The normalized spacial score (nSPS) is 37.0. The summed E-state index contributed by atoms with van der Waals surface area (Å²) in [5.41, 5.74) is 0. The maximum Gasteiger partial charge on any atom is 0.147 e. The van der Waals surface area contributed by atoms with Crippen LogP contribution in [0.2, 0.25) is 0 Å². The topological polar surface area (TPSA) is 23.8 Å². The number of halogens is 2. The molecule has 1 rings (SSSR count).